The van der Waals surface area contributed by atoms with Crippen molar-refractivity contribution >= 4 is 24.0 Å². The van der Waals surface area contributed by atoms with Crippen molar-refractivity contribution in [3.8, 4) is 0 Å². The first-order valence-electron chi connectivity index (χ1n) is 3.52. The van der Waals surface area contributed by atoms with Gasteiger partial charge in [0.15, 0.2) is 0 Å². The first kappa shape index (κ1) is 10.9. The van der Waals surface area contributed by atoms with Gasteiger partial charge in [-0.15, -0.1) is 24.0 Å². The van der Waals surface area contributed by atoms with Gasteiger partial charge in [0.2, 0.25) is 0 Å². The molecule has 0 spiro atoms. The zero-order valence-electron chi connectivity index (χ0n) is 7.16. The average Bonchev–Trinajstić information content (AvgIpc) is 1.88. The first-order chi connectivity index (χ1) is 4.61. The van der Waals surface area contributed by atoms with Gasteiger partial charge >= 0.3 is 0 Å². The maximum Gasteiger partial charge on any atom is 0.0457 e. The van der Waals surface area contributed by atoms with E-state index < -0.39 is 0 Å². The molecule has 2 heteroatoms. The van der Waals surface area contributed by atoms with Crippen LogP contribution >= 0.6 is 24.0 Å². The average molecular weight is 263 g/mol. The molecule has 1 nitrogen and oxygen atoms in total. The Morgan fingerprint density at radius 3 is 2.09 bits per heavy atom. The molecule has 0 saturated heterocycles. The molecule has 0 N–H and O–H groups in total. The Labute approximate surface area is 85.3 Å². The molecule has 0 amide bonds. The second kappa shape index (κ2) is 4.04. The van der Waals surface area contributed by atoms with E-state index in [-0.39, 0.29) is 29.4 Å². The third-order valence-corrected chi connectivity index (χ3v) is 1.43. The summed E-state index contributed by atoms with van der Waals surface area (Å²) in [5.41, 5.74) is 1.33. The van der Waals surface area contributed by atoms with E-state index in [1.807, 2.05) is 18.3 Å². The highest BCUT2D eigenvalue weighted by atomic mass is 127. The van der Waals surface area contributed by atoms with Crippen LogP contribution in [-0.4, -0.2) is 4.98 Å². The molecule has 0 aromatic carbocycles. The molecule has 0 aliphatic rings. The third kappa shape index (κ3) is 3.18. The molecule has 1 aromatic rings. The molecule has 0 atom stereocenters. The molecule has 0 fully saturated rings. The monoisotopic (exact) mass is 263 g/mol. The van der Waals surface area contributed by atoms with Gasteiger partial charge in [-0.3, -0.25) is 4.98 Å². The van der Waals surface area contributed by atoms with E-state index in [0.717, 1.165) is 5.69 Å². The number of nitrogens with zero attached hydrogens (tertiary/aromatic N) is 1. The summed E-state index contributed by atoms with van der Waals surface area (Å²) in [5, 5.41) is 0. The fraction of sp³-hybridized carbons (Fsp3) is 0.444. The SMILES string of the molecule is CC(C)(C)c1ccccn1.I. The van der Waals surface area contributed by atoms with Crippen LogP contribution in [0.4, 0.5) is 0 Å². The summed E-state index contributed by atoms with van der Waals surface area (Å²) in [4.78, 5) is 4.25. The Balaban J connectivity index is 0.000001000. The van der Waals surface area contributed by atoms with Crippen molar-refractivity contribution in [3.63, 3.8) is 0 Å². The second-order valence-electron chi connectivity index (χ2n) is 3.46. The normalized spacial score (nSPS) is 10.5. The molecule has 1 rings (SSSR count). The Morgan fingerprint density at radius 1 is 1.18 bits per heavy atom. The minimum atomic E-state index is 0. The molecule has 0 aliphatic heterocycles. The summed E-state index contributed by atoms with van der Waals surface area (Å²) in [6.07, 6.45) is 1.83. The van der Waals surface area contributed by atoms with Crippen LogP contribution < -0.4 is 0 Å². The zero-order valence-corrected chi connectivity index (χ0v) is 9.50. The van der Waals surface area contributed by atoms with Gasteiger partial charge in [0.05, 0.1) is 0 Å². The van der Waals surface area contributed by atoms with Crippen LogP contribution in [0.15, 0.2) is 24.4 Å². The molecular weight excluding hydrogens is 249 g/mol. The molecule has 0 aliphatic carbocycles. The van der Waals surface area contributed by atoms with E-state index >= 15 is 0 Å². The Morgan fingerprint density at radius 2 is 1.82 bits per heavy atom. The number of hydrogen-bond acceptors (Lipinski definition) is 1. The highest BCUT2D eigenvalue weighted by molar-refractivity contribution is 14.0. The zero-order chi connectivity index (χ0) is 7.61. The molecular formula is C9H14IN. The quantitative estimate of drug-likeness (QED) is 0.656. The molecule has 11 heavy (non-hydrogen) atoms. The number of pyridine rings is 1. The van der Waals surface area contributed by atoms with Gasteiger partial charge in [0.25, 0.3) is 0 Å². The van der Waals surface area contributed by atoms with E-state index in [2.05, 4.69) is 31.8 Å². The minimum absolute atomic E-state index is 0. The van der Waals surface area contributed by atoms with Crippen LogP contribution in [0, 0.1) is 0 Å². The largest absolute Gasteiger partial charge is 0.261 e. The summed E-state index contributed by atoms with van der Waals surface area (Å²) in [7, 11) is 0. The van der Waals surface area contributed by atoms with E-state index in [1.54, 1.807) is 0 Å². The van der Waals surface area contributed by atoms with Crippen molar-refractivity contribution in [2.24, 2.45) is 0 Å². The summed E-state index contributed by atoms with van der Waals surface area (Å²) in [6.45, 7) is 6.49. The molecule has 1 heterocycles. The summed E-state index contributed by atoms with van der Waals surface area (Å²) < 4.78 is 0. The predicted octanol–water partition coefficient (Wildman–Crippen LogP) is 3.00. The number of rotatable bonds is 0. The predicted molar refractivity (Wildman–Crippen MR) is 58.4 cm³/mol. The van der Waals surface area contributed by atoms with Crippen molar-refractivity contribution in [2.75, 3.05) is 0 Å². The molecule has 1 aromatic heterocycles. The Bertz CT molecular complexity index is 201. The van der Waals surface area contributed by atoms with Crippen molar-refractivity contribution in [1.82, 2.24) is 4.98 Å². The van der Waals surface area contributed by atoms with Crippen molar-refractivity contribution in [1.29, 1.82) is 0 Å². The Kier molecular flexibility index (Phi) is 4.00. The molecule has 0 saturated carbocycles. The third-order valence-electron chi connectivity index (χ3n) is 1.43. The van der Waals surface area contributed by atoms with Gasteiger partial charge in [-0.1, -0.05) is 26.8 Å². The van der Waals surface area contributed by atoms with Crippen molar-refractivity contribution < 1.29 is 0 Å². The number of halogens is 1. The molecule has 62 valence electrons. The minimum Gasteiger partial charge on any atom is -0.261 e. The van der Waals surface area contributed by atoms with Crippen LogP contribution in [0.1, 0.15) is 26.5 Å². The van der Waals surface area contributed by atoms with Crippen LogP contribution in [0.3, 0.4) is 0 Å². The van der Waals surface area contributed by atoms with Crippen LogP contribution in [0.2, 0.25) is 0 Å². The summed E-state index contributed by atoms with van der Waals surface area (Å²) in [6, 6.07) is 6.02. The van der Waals surface area contributed by atoms with E-state index in [4.69, 9.17) is 0 Å². The standard InChI is InChI=1S/C9H13N.HI/c1-9(2,3)8-6-4-5-7-10-8;/h4-7H,1-3H3;1H. The molecule has 0 radical (unpaired) electrons. The maximum atomic E-state index is 4.25. The fourth-order valence-corrected chi connectivity index (χ4v) is 0.806. The summed E-state index contributed by atoms with van der Waals surface area (Å²) in [5.74, 6) is 0. The highest BCUT2D eigenvalue weighted by Gasteiger charge is 2.13. The molecule has 0 unspecified atom stereocenters. The lowest BCUT2D eigenvalue weighted by Crippen LogP contribution is -2.12. The fourth-order valence-electron chi connectivity index (χ4n) is 0.806. The van der Waals surface area contributed by atoms with Crippen molar-refractivity contribution in [2.45, 2.75) is 26.2 Å². The summed E-state index contributed by atoms with van der Waals surface area (Å²) >= 11 is 0. The number of aromatic nitrogens is 1. The number of hydrogen-bond donors (Lipinski definition) is 0. The van der Waals surface area contributed by atoms with Crippen LogP contribution in [0.25, 0.3) is 0 Å². The smallest absolute Gasteiger partial charge is 0.0457 e. The van der Waals surface area contributed by atoms with E-state index in [9.17, 15) is 0 Å². The van der Waals surface area contributed by atoms with Gasteiger partial charge in [-0.25, -0.2) is 0 Å². The van der Waals surface area contributed by atoms with Gasteiger partial charge in [-0.2, -0.15) is 0 Å². The van der Waals surface area contributed by atoms with E-state index in [1.165, 1.54) is 0 Å². The topological polar surface area (TPSA) is 12.9 Å². The second-order valence-corrected chi connectivity index (χ2v) is 3.46. The lowest BCUT2D eigenvalue weighted by Gasteiger charge is -2.16. The van der Waals surface area contributed by atoms with E-state index in [0.29, 0.717) is 0 Å². The lowest BCUT2D eigenvalue weighted by atomic mass is 9.92. The lowest BCUT2D eigenvalue weighted by molar-refractivity contribution is 0.569. The van der Waals surface area contributed by atoms with Gasteiger partial charge in [0.1, 0.15) is 0 Å². The van der Waals surface area contributed by atoms with Gasteiger partial charge < -0.3 is 0 Å². The van der Waals surface area contributed by atoms with Crippen LogP contribution in [0.5, 0.6) is 0 Å². The molecule has 0 bridgehead atoms. The first-order valence-corrected chi connectivity index (χ1v) is 3.52. The van der Waals surface area contributed by atoms with Crippen LogP contribution in [-0.2, 0) is 5.41 Å². The highest BCUT2D eigenvalue weighted by Crippen LogP contribution is 2.18. The van der Waals surface area contributed by atoms with Gasteiger partial charge in [-0.05, 0) is 12.1 Å². The maximum absolute atomic E-state index is 4.25. The van der Waals surface area contributed by atoms with Gasteiger partial charge in [0, 0.05) is 17.3 Å². The van der Waals surface area contributed by atoms with Crippen molar-refractivity contribution in [3.05, 3.63) is 30.1 Å². The Hall–Kier alpha value is -0.120.